The second-order valence-electron chi connectivity index (χ2n) is 5.11. The van der Waals surface area contributed by atoms with Crippen molar-refractivity contribution in [3.8, 4) is 0 Å². The Hall–Kier alpha value is -2.15. The molecule has 1 aliphatic rings. The van der Waals surface area contributed by atoms with Gasteiger partial charge < -0.3 is 15.0 Å². The number of benzene rings is 1. The number of carbonyl (C=O) groups is 1. The number of anilines is 1. The number of hydrogen-bond donors (Lipinski definition) is 2. The average Bonchev–Trinajstić information content (AvgIpc) is 3.30. The van der Waals surface area contributed by atoms with Crippen LogP contribution in [-0.4, -0.2) is 22.7 Å². The maximum atomic E-state index is 14.0. The van der Waals surface area contributed by atoms with Crippen molar-refractivity contribution in [2.45, 2.75) is 18.9 Å². The summed E-state index contributed by atoms with van der Waals surface area (Å²) in [7, 11) is 1.32. The second-order valence-corrected chi connectivity index (χ2v) is 5.48. The lowest BCUT2D eigenvalue weighted by Gasteiger charge is -2.16. The summed E-state index contributed by atoms with van der Waals surface area (Å²) in [5.74, 6) is -4.00. The minimum Gasteiger partial charge on any atom is -0.477 e. The average molecular weight is 329 g/mol. The minimum atomic E-state index is -1.43. The summed E-state index contributed by atoms with van der Waals surface area (Å²) in [6.07, 6.45) is 2.65. The highest BCUT2D eigenvalue weighted by atomic mass is 35.5. The quantitative estimate of drug-likeness (QED) is 0.850. The van der Waals surface area contributed by atoms with Gasteiger partial charge in [-0.1, -0.05) is 11.6 Å². The van der Waals surface area contributed by atoms with Gasteiger partial charge in [0.25, 0.3) is 0 Å². The number of aromatic nitrogens is 1. The Bertz CT molecular complexity index is 875. The topological polar surface area (TPSA) is 71.3 Å². The predicted molar refractivity (Wildman–Crippen MR) is 77.9 cm³/mol. The third kappa shape index (κ3) is 1.96. The Balaban J connectivity index is 2.60. The van der Waals surface area contributed by atoms with E-state index < -0.39 is 33.6 Å². The van der Waals surface area contributed by atoms with Gasteiger partial charge in [-0.3, -0.25) is 4.79 Å². The summed E-state index contributed by atoms with van der Waals surface area (Å²) >= 11 is 5.89. The zero-order valence-corrected chi connectivity index (χ0v) is 12.2. The van der Waals surface area contributed by atoms with E-state index in [1.807, 2.05) is 0 Å². The molecule has 0 saturated heterocycles. The lowest BCUT2D eigenvalue weighted by Crippen LogP contribution is -2.21. The molecule has 1 aliphatic carbocycles. The normalized spacial score (nSPS) is 14.4. The Labute approximate surface area is 128 Å². The molecule has 0 spiro atoms. The number of carboxylic acid groups (broad SMARTS) is 1. The van der Waals surface area contributed by atoms with Gasteiger partial charge in [0.2, 0.25) is 5.43 Å². The molecular weight excluding hydrogens is 318 g/mol. The fraction of sp³-hybridized carbons (Fsp3) is 0.286. The summed E-state index contributed by atoms with van der Waals surface area (Å²) in [6, 6.07) is -0.0757. The number of pyridine rings is 1. The van der Waals surface area contributed by atoms with E-state index in [4.69, 9.17) is 11.6 Å². The molecule has 116 valence electrons. The number of nitrogens with zero attached hydrogens (tertiary/aromatic N) is 1. The standard InChI is InChI=1S/C14H11ClF2N2O3/c1-18-11-7-12(8(15)9(16)10(11)17)19(5-2-3-5)4-6(13(7)20)14(21)22/h4-5,18H,2-3H2,1H3,(H,21,22). The molecule has 2 N–H and O–H groups in total. The van der Waals surface area contributed by atoms with Gasteiger partial charge in [-0.05, 0) is 12.8 Å². The Morgan fingerprint density at radius 1 is 1.41 bits per heavy atom. The van der Waals surface area contributed by atoms with Gasteiger partial charge in [0.05, 0.1) is 16.6 Å². The van der Waals surface area contributed by atoms with Crippen LogP contribution in [0, 0.1) is 11.6 Å². The summed E-state index contributed by atoms with van der Waals surface area (Å²) in [5.41, 5.74) is -1.77. The van der Waals surface area contributed by atoms with Crippen LogP contribution in [0.2, 0.25) is 5.02 Å². The zero-order chi connectivity index (χ0) is 16.2. The van der Waals surface area contributed by atoms with Gasteiger partial charge in [0.15, 0.2) is 11.6 Å². The smallest absolute Gasteiger partial charge is 0.341 e. The van der Waals surface area contributed by atoms with Gasteiger partial charge in [0, 0.05) is 19.3 Å². The lowest BCUT2D eigenvalue weighted by molar-refractivity contribution is 0.0695. The van der Waals surface area contributed by atoms with Crippen LogP contribution >= 0.6 is 11.6 Å². The molecule has 1 fully saturated rings. The molecule has 8 heteroatoms. The molecule has 2 aromatic rings. The van der Waals surface area contributed by atoms with E-state index in [-0.39, 0.29) is 22.6 Å². The first-order valence-corrected chi connectivity index (χ1v) is 6.92. The first-order valence-electron chi connectivity index (χ1n) is 6.54. The van der Waals surface area contributed by atoms with Gasteiger partial charge in [-0.2, -0.15) is 0 Å². The fourth-order valence-electron chi connectivity index (χ4n) is 2.54. The molecule has 0 radical (unpaired) electrons. The molecular formula is C14H11ClF2N2O3. The third-order valence-corrected chi connectivity index (χ3v) is 4.06. The van der Waals surface area contributed by atoms with E-state index in [1.54, 1.807) is 0 Å². The molecule has 5 nitrogen and oxygen atoms in total. The first-order chi connectivity index (χ1) is 10.4. The van der Waals surface area contributed by atoms with Gasteiger partial charge >= 0.3 is 5.97 Å². The van der Waals surface area contributed by atoms with Crippen LogP contribution in [0.15, 0.2) is 11.0 Å². The number of rotatable bonds is 3. The van der Waals surface area contributed by atoms with Crippen LogP contribution in [-0.2, 0) is 0 Å². The maximum Gasteiger partial charge on any atom is 0.341 e. The number of halogens is 3. The van der Waals surface area contributed by atoms with Crippen molar-refractivity contribution in [1.29, 1.82) is 0 Å². The molecule has 22 heavy (non-hydrogen) atoms. The van der Waals surface area contributed by atoms with Crippen LogP contribution < -0.4 is 10.7 Å². The molecule has 0 unspecified atom stereocenters. The van der Waals surface area contributed by atoms with E-state index in [0.717, 1.165) is 19.0 Å². The maximum absolute atomic E-state index is 14.0. The van der Waals surface area contributed by atoms with Crippen molar-refractivity contribution < 1.29 is 18.7 Å². The van der Waals surface area contributed by atoms with Crippen LogP contribution in [0.1, 0.15) is 29.2 Å². The molecule has 0 atom stereocenters. The molecule has 0 amide bonds. The van der Waals surface area contributed by atoms with Gasteiger partial charge in [-0.15, -0.1) is 0 Å². The van der Waals surface area contributed by atoms with Crippen molar-refractivity contribution >= 4 is 34.2 Å². The second kappa shape index (κ2) is 4.95. The van der Waals surface area contributed by atoms with E-state index in [1.165, 1.54) is 11.6 Å². The van der Waals surface area contributed by atoms with Crippen molar-refractivity contribution in [2.75, 3.05) is 12.4 Å². The Kier molecular flexibility index (Phi) is 3.32. The molecule has 3 rings (SSSR count). The lowest BCUT2D eigenvalue weighted by atomic mass is 10.1. The third-order valence-electron chi connectivity index (χ3n) is 3.72. The number of carboxylic acids is 1. The summed E-state index contributed by atoms with van der Waals surface area (Å²) in [6.45, 7) is 0. The molecule has 1 aromatic carbocycles. The molecule has 1 saturated carbocycles. The molecule has 1 heterocycles. The highest BCUT2D eigenvalue weighted by Crippen LogP contribution is 2.41. The Morgan fingerprint density at radius 3 is 2.55 bits per heavy atom. The highest BCUT2D eigenvalue weighted by Gasteiger charge is 2.31. The minimum absolute atomic E-state index is 0.0161. The van der Waals surface area contributed by atoms with E-state index >= 15 is 0 Å². The number of aromatic carboxylic acids is 1. The van der Waals surface area contributed by atoms with Crippen molar-refractivity contribution in [3.05, 3.63) is 38.6 Å². The Morgan fingerprint density at radius 2 is 2.05 bits per heavy atom. The van der Waals surface area contributed by atoms with E-state index in [0.29, 0.717) is 0 Å². The summed E-state index contributed by atoms with van der Waals surface area (Å²) < 4.78 is 29.5. The highest BCUT2D eigenvalue weighted by molar-refractivity contribution is 6.35. The predicted octanol–water partition coefficient (Wildman–Crippen LogP) is 3.01. The largest absolute Gasteiger partial charge is 0.477 e. The number of nitrogens with one attached hydrogen (secondary N) is 1. The molecule has 1 aromatic heterocycles. The first kappa shape index (κ1) is 14.8. The van der Waals surface area contributed by atoms with Gasteiger partial charge in [-0.25, -0.2) is 13.6 Å². The molecule has 0 bridgehead atoms. The molecule has 0 aliphatic heterocycles. The van der Waals surface area contributed by atoms with Crippen LogP contribution in [0.5, 0.6) is 0 Å². The van der Waals surface area contributed by atoms with E-state index in [9.17, 15) is 23.5 Å². The summed E-state index contributed by atoms with van der Waals surface area (Å²) in [4.78, 5) is 23.6. The summed E-state index contributed by atoms with van der Waals surface area (Å²) in [5, 5.41) is 10.8. The van der Waals surface area contributed by atoms with Crippen LogP contribution in [0.3, 0.4) is 0 Å². The van der Waals surface area contributed by atoms with E-state index in [2.05, 4.69) is 5.32 Å². The number of fused-ring (bicyclic) bond motifs is 1. The van der Waals surface area contributed by atoms with Crippen molar-refractivity contribution in [1.82, 2.24) is 4.57 Å². The van der Waals surface area contributed by atoms with Crippen LogP contribution in [0.25, 0.3) is 10.9 Å². The van der Waals surface area contributed by atoms with Crippen molar-refractivity contribution in [2.24, 2.45) is 0 Å². The SMILES string of the molecule is CNc1c(F)c(F)c(Cl)c2c1c(=O)c(C(=O)O)cn2C1CC1. The zero-order valence-electron chi connectivity index (χ0n) is 11.4. The number of hydrogen-bond acceptors (Lipinski definition) is 3. The monoisotopic (exact) mass is 328 g/mol. The van der Waals surface area contributed by atoms with Crippen molar-refractivity contribution in [3.63, 3.8) is 0 Å². The van der Waals surface area contributed by atoms with Gasteiger partial charge in [0.1, 0.15) is 10.6 Å². The van der Waals surface area contributed by atoms with Crippen LogP contribution in [0.4, 0.5) is 14.5 Å². The fourth-order valence-corrected chi connectivity index (χ4v) is 2.81.